The van der Waals surface area contributed by atoms with Crippen molar-refractivity contribution in [1.29, 1.82) is 0 Å². The minimum absolute atomic E-state index is 0.152. The predicted molar refractivity (Wildman–Crippen MR) is 136 cm³/mol. The van der Waals surface area contributed by atoms with Crippen LogP contribution in [-0.4, -0.2) is 23.6 Å². The number of amides is 2. The van der Waals surface area contributed by atoms with Crippen LogP contribution in [0, 0.1) is 6.92 Å². The van der Waals surface area contributed by atoms with E-state index in [2.05, 4.69) is 15.8 Å². The lowest BCUT2D eigenvalue weighted by atomic mass is 9.90. The molecule has 35 heavy (non-hydrogen) atoms. The van der Waals surface area contributed by atoms with E-state index in [-0.39, 0.29) is 17.9 Å². The van der Waals surface area contributed by atoms with Crippen molar-refractivity contribution in [3.63, 3.8) is 0 Å². The first-order valence-electron chi connectivity index (χ1n) is 12.5. The predicted octanol–water partition coefficient (Wildman–Crippen LogP) is 5.25. The van der Waals surface area contributed by atoms with Gasteiger partial charge in [-0.3, -0.25) is 9.59 Å². The van der Waals surface area contributed by atoms with Crippen LogP contribution in [0.4, 0.5) is 0 Å². The Morgan fingerprint density at radius 1 is 0.914 bits per heavy atom. The number of rotatable bonds is 6. The van der Waals surface area contributed by atoms with E-state index < -0.39 is 5.92 Å². The molecular weight excluding hydrogens is 438 g/mol. The number of nitrogens with one attached hydrogen (secondary N) is 2. The zero-order valence-corrected chi connectivity index (χ0v) is 20.0. The van der Waals surface area contributed by atoms with E-state index in [1.54, 1.807) is 0 Å². The highest BCUT2D eigenvalue weighted by Gasteiger charge is 2.30. The normalized spacial score (nSPS) is 16.9. The molecule has 2 aliphatic carbocycles. The summed E-state index contributed by atoms with van der Waals surface area (Å²) in [6.07, 6.45) is 6.69. The molecule has 0 radical (unpaired) electrons. The van der Waals surface area contributed by atoms with Crippen LogP contribution in [-0.2, 0) is 11.2 Å². The van der Waals surface area contributed by atoms with E-state index in [1.165, 1.54) is 0 Å². The van der Waals surface area contributed by atoms with Gasteiger partial charge in [0.1, 0.15) is 5.76 Å². The Bertz CT molecular complexity index is 1190. The maximum atomic E-state index is 13.4. The molecule has 3 aromatic rings. The zero-order chi connectivity index (χ0) is 24.2. The van der Waals surface area contributed by atoms with E-state index in [1.807, 2.05) is 67.6 Å². The highest BCUT2D eigenvalue weighted by molar-refractivity contribution is 6.07. The van der Waals surface area contributed by atoms with Crippen molar-refractivity contribution >= 4 is 17.5 Å². The first kappa shape index (κ1) is 23.1. The lowest BCUT2D eigenvalue weighted by molar-refractivity contribution is -0.121. The molecule has 0 aliphatic heterocycles. The van der Waals surface area contributed by atoms with Gasteiger partial charge in [-0.15, -0.1) is 0 Å². The van der Waals surface area contributed by atoms with E-state index in [9.17, 15) is 9.59 Å². The number of benzene rings is 2. The Hall–Kier alpha value is -3.67. The van der Waals surface area contributed by atoms with Gasteiger partial charge in [-0.1, -0.05) is 73.5 Å². The zero-order valence-electron chi connectivity index (χ0n) is 20.0. The SMILES string of the molecule is Cc1c(C(=O)NC2CCCC2)oc2c1/C(=N/NC(=O)C(c1ccccc1)c1ccccc1)CCC2. The molecule has 0 unspecified atom stereocenters. The second kappa shape index (κ2) is 10.3. The van der Waals surface area contributed by atoms with E-state index in [0.717, 1.165) is 78.7 Å². The molecule has 1 saturated carbocycles. The van der Waals surface area contributed by atoms with Crippen LogP contribution in [0.5, 0.6) is 0 Å². The highest BCUT2D eigenvalue weighted by atomic mass is 16.4. The van der Waals surface area contributed by atoms with Gasteiger partial charge in [0.15, 0.2) is 5.76 Å². The van der Waals surface area contributed by atoms with E-state index in [0.29, 0.717) is 5.76 Å². The van der Waals surface area contributed by atoms with E-state index in [4.69, 9.17) is 4.42 Å². The maximum Gasteiger partial charge on any atom is 0.287 e. The lowest BCUT2D eigenvalue weighted by Crippen LogP contribution is -2.32. The van der Waals surface area contributed by atoms with Crippen molar-refractivity contribution in [1.82, 2.24) is 10.7 Å². The molecule has 2 amide bonds. The second-order valence-corrected chi connectivity index (χ2v) is 9.45. The molecule has 1 aromatic heterocycles. The van der Waals surface area contributed by atoms with Crippen LogP contribution < -0.4 is 10.7 Å². The fourth-order valence-corrected chi connectivity index (χ4v) is 5.29. The summed E-state index contributed by atoms with van der Waals surface area (Å²) in [7, 11) is 0. The number of nitrogens with zero attached hydrogens (tertiary/aromatic N) is 1. The molecule has 0 bridgehead atoms. The van der Waals surface area contributed by atoms with Crippen molar-refractivity contribution in [3.05, 3.63) is 94.4 Å². The Balaban J connectivity index is 1.39. The van der Waals surface area contributed by atoms with Gasteiger partial charge >= 0.3 is 0 Å². The number of fused-ring (bicyclic) bond motifs is 1. The monoisotopic (exact) mass is 469 g/mol. The van der Waals surface area contributed by atoms with Gasteiger partial charge < -0.3 is 9.73 Å². The maximum absolute atomic E-state index is 13.4. The summed E-state index contributed by atoms with van der Waals surface area (Å²) in [5.74, 6) is 0.334. The number of aryl methyl sites for hydroxylation is 1. The van der Waals surface area contributed by atoms with Crippen LogP contribution in [0.1, 0.15) is 83.0 Å². The molecule has 6 heteroatoms. The second-order valence-electron chi connectivity index (χ2n) is 9.45. The van der Waals surface area contributed by atoms with Crippen LogP contribution in [0.2, 0.25) is 0 Å². The fourth-order valence-electron chi connectivity index (χ4n) is 5.29. The molecule has 0 spiro atoms. The Morgan fingerprint density at radius 2 is 1.54 bits per heavy atom. The van der Waals surface area contributed by atoms with Gasteiger partial charge in [0, 0.05) is 23.6 Å². The third-order valence-electron chi connectivity index (χ3n) is 7.05. The highest BCUT2D eigenvalue weighted by Crippen LogP contribution is 2.31. The van der Waals surface area contributed by atoms with Crippen LogP contribution in [0.25, 0.3) is 0 Å². The molecule has 5 rings (SSSR count). The molecule has 1 fully saturated rings. The fraction of sp³-hybridized carbons (Fsp3) is 0.345. The molecule has 2 aromatic carbocycles. The number of hydrazone groups is 1. The van der Waals surface area contributed by atoms with Gasteiger partial charge in [-0.25, -0.2) is 5.43 Å². The molecule has 2 N–H and O–H groups in total. The summed E-state index contributed by atoms with van der Waals surface area (Å²) in [6, 6.07) is 19.7. The summed E-state index contributed by atoms with van der Waals surface area (Å²) < 4.78 is 6.03. The number of carbonyl (C=O) groups excluding carboxylic acids is 2. The third kappa shape index (κ3) is 4.92. The Labute approximate surface area is 205 Å². The van der Waals surface area contributed by atoms with Gasteiger partial charge in [-0.05, 0) is 43.7 Å². The van der Waals surface area contributed by atoms with Crippen LogP contribution in [0.3, 0.4) is 0 Å². The van der Waals surface area contributed by atoms with Crippen molar-refractivity contribution in [2.45, 2.75) is 63.8 Å². The standard InChI is InChI=1S/C29H31N3O3/c1-19-25-23(17-10-18-24(25)35-27(19)29(34)30-22-15-8-9-16-22)31-32-28(33)26(20-11-4-2-5-12-20)21-13-6-3-7-14-21/h2-7,11-14,22,26H,8-10,15-18H2,1H3,(H,30,34)(H,32,33)/b31-23+. The third-order valence-corrected chi connectivity index (χ3v) is 7.05. The van der Waals surface area contributed by atoms with Crippen molar-refractivity contribution in [2.24, 2.45) is 5.10 Å². The van der Waals surface area contributed by atoms with Gasteiger partial charge in [-0.2, -0.15) is 5.10 Å². The average molecular weight is 470 g/mol. The first-order valence-corrected chi connectivity index (χ1v) is 12.5. The van der Waals surface area contributed by atoms with Crippen molar-refractivity contribution in [2.75, 3.05) is 0 Å². The van der Waals surface area contributed by atoms with E-state index >= 15 is 0 Å². The van der Waals surface area contributed by atoms with Gasteiger partial charge in [0.05, 0.1) is 11.6 Å². The number of hydrogen-bond donors (Lipinski definition) is 2. The summed E-state index contributed by atoms with van der Waals surface area (Å²) in [4.78, 5) is 26.3. The average Bonchev–Trinajstić information content (AvgIpc) is 3.52. The minimum Gasteiger partial charge on any atom is -0.455 e. The van der Waals surface area contributed by atoms with Gasteiger partial charge in [0.25, 0.3) is 11.8 Å². The molecule has 1 heterocycles. The summed E-state index contributed by atoms with van der Waals surface area (Å²) in [5, 5.41) is 7.68. The Kier molecular flexibility index (Phi) is 6.80. The molecule has 0 saturated heterocycles. The number of carbonyl (C=O) groups is 2. The summed E-state index contributed by atoms with van der Waals surface area (Å²) in [6.45, 7) is 1.91. The van der Waals surface area contributed by atoms with Crippen LogP contribution in [0.15, 0.2) is 70.2 Å². The number of furan rings is 1. The summed E-state index contributed by atoms with van der Waals surface area (Å²) in [5.41, 5.74) is 7.06. The quantitative estimate of drug-likeness (QED) is 0.484. The molecule has 2 aliphatic rings. The molecular formula is C29H31N3O3. The molecule has 180 valence electrons. The number of hydrogen-bond acceptors (Lipinski definition) is 4. The first-order chi connectivity index (χ1) is 17.1. The summed E-state index contributed by atoms with van der Waals surface area (Å²) >= 11 is 0. The smallest absolute Gasteiger partial charge is 0.287 e. The van der Waals surface area contributed by atoms with Gasteiger partial charge in [0.2, 0.25) is 0 Å². The lowest BCUT2D eigenvalue weighted by Gasteiger charge is -2.18. The minimum atomic E-state index is -0.469. The Morgan fingerprint density at radius 3 is 2.17 bits per heavy atom. The van der Waals surface area contributed by atoms with Crippen LogP contribution >= 0.6 is 0 Å². The largest absolute Gasteiger partial charge is 0.455 e. The topological polar surface area (TPSA) is 83.7 Å². The van der Waals surface area contributed by atoms with Crippen molar-refractivity contribution < 1.29 is 14.0 Å². The molecule has 6 nitrogen and oxygen atoms in total. The van der Waals surface area contributed by atoms with Crippen molar-refractivity contribution in [3.8, 4) is 0 Å². The molecule has 0 atom stereocenters.